The molecule has 0 saturated carbocycles. The maximum absolute atomic E-state index is 12.8. The molecule has 1 amide bonds. The van der Waals surface area contributed by atoms with Gasteiger partial charge in [0.15, 0.2) is 0 Å². The molecule has 0 unspecified atom stereocenters. The number of carboxylic acid groups (broad SMARTS) is 1. The quantitative estimate of drug-likeness (QED) is 0.655. The standard InChI is InChI=1S/C21H23N3O4/c1-4-24-12-14(11-22-24)13-28-18-16-8-6-5-7-15(16)9-10-17(18)19(25)23-21(2,3)20(26)27/h5-12H,4,13H2,1-3H3,(H,23,25)(H,26,27). The molecule has 7 heteroatoms. The Morgan fingerprint density at radius 3 is 2.64 bits per heavy atom. The minimum Gasteiger partial charge on any atom is -0.487 e. The zero-order chi connectivity index (χ0) is 20.3. The van der Waals surface area contributed by atoms with E-state index in [1.54, 1.807) is 16.9 Å². The third-order valence-electron chi connectivity index (χ3n) is 4.48. The molecule has 28 heavy (non-hydrogen) atoms. The van der Waals surface area contributed by atoms with Crippen LogP contribution in [-0.2, 0) is 17.9 Å². The van der Waals surface area contributed by atoms with Crippen molar-refractivity contribution in [2.24, 2.45) is 0 Å². The minimum absolute atomic E-state index is 0.247. The molecule has 1 heterocycles. The van der Waals surface area contributed by atoms with Crippen molar-refractivity contribution in [1.82, 2.24) is 15.1 Å². The van der Waals surface area contributed by atoms with Crippen LogP contribution in [0, 0.1) is 0 Å². The minimum atomic E-state index is -1.40. The third-order valence-corrected chi connectivity index (χ3v) is 4.48. The number of hydrogen-bond acceptors (Lipinski definition) is 4. The van der Waals surface area contributed by atoms with Gasteiger partial charge in [0.25, 0.3) is 5.91 Å². The Labute approximate surface area is 162 Å². The van der Waals surface area contributed by atoms with Gasteiger partial charge in [0.2, 0.25) is 0 Å². The predicted octanol–water partition coefficient (Wildman–Crippen LogP) is 3.23. The number of ether oxygens (including phenoxy) is 1. The smallest absolute Gasteiger partial charge is 0.328 e. The molecule has 1 aromatic heterocycles. The Balaban J connectivity index is 1.96. The highest BCUT2D eigenvalue weighted by atomic mass is 16.5. The maximum atomic E-state index is 12.8. The normalized spacial score (nSPS) is 11.4. The van der Waals surface area contributed by atoms with E-state index < -0.39 is 17.4 Å². The summed E-state index contributed by atoms with van der Waals surface area (Å²) in [6.45, 7) is 5.87. The van der Waals surface area contributed by atoms with Gasteiger partial charge in [-0.25, -0.2) is 4.79 Å². The van der Waals surface area contributed by atoms with E-state index in [2.05, 4.69) is 10.4 Å². The number of hydrogen-bond donors (Lipinski definition) is 2. The van der Waals surface area contributed by atoms with Crippen LogP contribution >= 0.6 is 0 Å². The number of carboxylic acids is 1. The van der Waals surface area contributed by atoms with Crippen molar-refractivity contribution in [2.45, 2.75) is 39.5 Å². The van der Waals surface area contributed by atoms with E-state index in [4.69, 9.17) is 4.74 Å². The van der Waals surface area contributed by atoms with Crippen molar-refractivity contribution in [1.29, 1.82) is 0 Å². The number of rotatable bonds is 7. The van der Waals surface area contributed by atoms with Gasteiger partial charge in [-0.05, 0) is 32.2 Å². The zero-order valence-corrected chi connectivity index (χ0v) is 16.1. The number of aryl methyl sites for hydroxylation is 1. The number of aliphatic carboxylic acids is 1. The first kappa shape index (κ1) is 19.4. The molecule has 0 atom stereocenters. The highest BCUT2D eigenvalue weighted by Gasteiger charge is 2.30. The van der Waals surface area contributed by atoms with Crippen molar-refractivity contribution in [3.8, 4) is 5.75 Å². The number of aromatic nitrogens is 2. The predicted molar refractivity (Wildman–Crippen MR) is 105 cm³/mol. The van der Waals surface area contributed by atoms with E-state index in [9.17, 15) is 14.7 Å². The summed E-state index contributed by atoms with van der Waals surface area (Å²) in [6.07, 6.45) is 3.61. The summed E-state index contributed by atoms with van der Waals surface area (Å²) in [5.74, 6) is -1.20. The second kappa shape index (κ2) is 7.72. The van der Waals surface area contributed by atoms with E-state index in [0.29, 0.717) is 5.75 Å². The van der Waals surface area contributed by atoms with Crippen LogP contribution < -0.4 is 10.1 Å². The first-order chi connectivity index (χ1) is 13.3. The summed E-state index contributed by atoms with van der Waals surface area (Å²) in [5.41, 5.74) is -0.231. The SMILES string of the molecule is CCn1cc(COc2c(C(=O)NC(C)(C)C(=O)O)ccc3ccccc23)cn1. The van der Waals surface area contributed by atoms with E-state index in [-0.39, 0.29) is 12.2 Å². The Morgan fingerprint density at radius 2 is 1.96 bits per heavy atom. The summed E-state index contributed by atoms with van der Waals surface area (Å²) in [5, 5.41) is 17.8. The molecule has 0 saturated heterocycles. The van der Waals surface area contributed by atoms with E-state index in [1.807, 2.05) is 43.5 Å². The summed E-state index contributed by atoms with van der Waals surface area (Å²) in [7, 11) is 0. The lowest BCUT2D eigenvalue weighted by Crippen LogP contribution is -2.49. The molecule has 0 fully saturated rings. The van der Waals surface area contributed by atoms with Crippen molar-refractivity contribution in [3.63, 3.8) is 0 Å². The largest absolute Gasteiger partial charge is 0.487 e. The molecule has 7 nitrogen and oxygen atoms in total. The summed E-state index contributed by atoms with van der Waals surface area (Å²) < 4.78 is 7.83. The molecular formula is C21H23N3O4. The lowest BCUT2D eigenvalue weighted by atomic mass is 10.0. The Morgan fingerprint density at radius 1 is 1.21 bits per heavy atom. The van der Waals surface area contributed by atoms with Gasteiger partial charge in [0, 0.05) is 23.7 Å². The number of nitrogens with one attached hydrogen (secondary N) is 1. The number of benzene rings is 2. The number of carbonyl (C=O) groups excluding carboxylic acids is 1. The van der Waals surface area contributed by atoms with Gasteiger partial charge in [-0.1, -0.05) is 30.3 Å². The molecule has 2 aromatic carbocycles. The van der Waals surface area contributed by atoms with Gasteiger partial charge < -0.3 is 15.2 Å². The van der Waals surface area contributed by atoms with Crippen LogP contribution in [0.15, 0.2) is 48.8 Å². The molecule has 0 radical (unpaired) electrons. The van der Waals surface area contributed by atoms with Gasteiger partial charge in [-0.2, -0.15) is 5.10 Å². The highest BCUT2D eigenvalue weighted by molar-refractivity contribution is 6.05. The lowest BCUT2D eigenvalue weighted by Gasteiger charge is -2.22. The van der Waals surface area contributed by atoms with E-state index >= 15 is 0 Å². The molecule has 0 aliphatic heterocycles. The molecule has 3 rings (SSSR count). The van der Waals surface area contributed by atoms with Crippen molar-refractivity contribution < 1.29 is 19.4 Å². The van der Waals surface area contributed by atoms with Crippen molar-refractivity contribution in [3.05, 3.63) is 59.9 Å². The van der Waals surface area contributed by atoms with E-state index in [0.717, 1.165) is 22.9 Å². The topological polar surface area (TPSA) is 93.5 Å². The molecule has 3 aromatic rings. The van der Waals surface area contributed by atoms with Gasteiger partial charge in [-0.15, -0.1) is 0 Å². The number of fused-ring (bicyclic) bond motifs is 1. The fraction of sp³-hybridized carbons (Fsp3) is 0.286. The Bertz CT molecular complexity index is 1020. The average molecular weight is 381 g/mol. The first-order valence-corrected chi connectivity index (χ1v) is 9.03. The summed E-state index contributed by atoms with van der Waals surface area (Å²) >= 11 is 0. The van der Waals surface area contributed by atoms with Crippen molar-refractivity contribution >= 4 is 22.6 Å². The molecule has 2 N–H and O–H groups in total. The first-order valence-electron chi connectivity index (χ1n) is 9.03. The molecule has 146 valence electrons. The lowest BCUT2D eigenvalue weighted by molar-refractivity contribution is -0.143. The van der Waals surface area contributed by atoms with Gasteiger partial charge in [-0.3, -0.25) is 9.48 Å². The number of carbonyl (C=O) groups is 2. The zero-order valence-electron chi connectivity index (χ0n) is 16.1. The highest BCUT2D eigenvalue weighted by Crippen LogP contribution is 2.31. The Kier molecular flexibility index (Phi) is 5.35. The molecule has 0 spiro atoms. The van der Waals surface area contributed by atoms with Gasteiger partial charge >= 0.3 is 5.97 Å². The summed E-state index contributed by atoms with van der Waals surface area (Å²) in [4.78, 5) is 24.2. The number of amides is 1. The van der Waals surface area contributed by atoms with Crippen LogP contribution in [0.5, 0.6) is 5.75 Å². The van der Waals surface area contributed by atoms with Crippen LogP contribution in [0.25, 0.3) is 10.8 Å². The van der Waals surface area contributed by atoms with Crippen LogP contribution in [0.1, 0.15) is 36.7 Å². The van der Waals surface area contributed by atoms with Crippen LogP contribution in [-0.4, -0.2) is 32.3 Å². The van der Waals surface area contributed by atoms with Crippen LogP contribution in [0.4, 0.5) is 0 Å². The van der Waals surface area contributed by atoms with Crippen LogP contribution in [0.3, 0.4) is 0 Å². The average Bonchev–Trinajstić information content (AvgIpc) is 3.13. The summed E-state index contributed by atoms with van der Waals surface area (Å²) in [6, 6.07) is 11.1. The van der Waals surface area contributed by atoms with Crippen LogP contribution in [0.2, 0.25) is 0 Å². The maximum Gasteiger partial charge on any atom is 0.328 e. The third kappa shape index (κ3) is 3.98. The second-order valence-electron chi connectivity index (χ2n) is 7.04. The van der Waals surface area contributed by atoms with Gasteiger partial charge in [0.1, 0.15) is 17.9 Å². The van der Waals surface area contributed by atoms with Crippen molar-refractivity contribution in [2.75, 3.05) is 0 Å². The molecular weight excluding hydrogens is 358 g/mol. The second-order valence-corrected chi connectivity index (χ2v) is 7.04. The fourth-order valence-electron chi connectivity index (χ4n) is 2.79. The molecule has 0 aliphatic carbocycles. The molecule has 0 bridgehead atoms. The monoisotopic (exact) mass is 381 g/mol. The molecule has 0 aliphatic rings. The number of nitrogens with zero attached hydrogens (tertiary/aromatic N) is 2. The Hall–Kier alpha value is -3.35. The van der Waals surface area contributed by atoms with E-state index in [1.165, 1.54) is 13.8 Å². The fourth-order valence-corrected chi connectivity index (χ4v) is 2.79. The van der Waals surface area contributed by atoms with Gasteiger partial charge in [0.05, 0.1) is 11.8 Å².